The number of hydrogen-bond donors (Lipinski definition) is 0. The van der Waals surface area contributed by atoms with Crippen LogP contribution < -0.4 is 0 Å². The van der Waals surface area contributed by atoms with E-state index in [1.165, 1.54) is 0 Å². The number of likely N-dealkylation sites (tertiary alicyclic amines) is 1. The summed E-state index contributed by atoms with van der Waals surface area (Å²) in [6, 6.07) is 0.104. The van der Waals surface area contributed by atoms with Crippen molar-refractivity contribution in [1.29, 1.82) is 0 Å². The van der Waals surface area contributed by atoms with Crippen LogP contribution in [0.25, 0.3) is 0 Å². The molecule has 0 aromatic carbocycles. The number of aromatic nitrogens is 2. The molecule has 1 aromatic heterocycles. The van der Waals surface area contributed by atoms with Gasteiger partial charge in [0.25, 0.3) is 5.91 Å². The molecular formula is C17H26N4O2. The van der Waals surface area contributed by atoms with Crippen LogP contribution in [0.3, 0.4) is 0 Å². The Labute approximate surface area is 137 Å². The van der Waals surface area contributed by atoms with E-state index in [4.69, 9.17) is 4.84 Å². The highest BCUT2D eigenvalue weighted by atomic mass is 16.6. The molecule has 0 spiro atoms. The second-order valence-corrected chi connectivity index (χ2v) is 7.58. The Morgan fingerprint density at radius 1 is 1.35 bits per heavy atom. The van der Waals surface area contributed by atoms with Gasteiger partial charge >= 0.3 is 0 Å². The number of carbonyl (C=O) groups excluding carboxylic acids is 1. The summed E-state index contributed by atoms with van der Waals surface area (Å²) in [5.74, 6) is 0.0570. The van der Waals surface area contributed by atoms with Crippen LogP contribution in [0.1, 0.15) is 58.1 Å². The van der Waals surface area contributed by atoms with E-state index in [-0.39, 0.29) is 17.4 Å². The minimum absolute atomic E-state index is 0.0559. The van der Waals surface area contributed by atoms with Gasteiger partial charge in [-0.1, -0.05) is 25.9 Å². The summed E-state index contributed by atoms with van der Waals surface area (Å²) in [5.41, 5.74) is 2.01. The minimum atomic E-state index is -0.471. The van der Waals surface area contributed by atoms with Gasteiger partial charge in [-0.05, 0) is 19.3 Å². The number of nitrogens with zero attached hydrogens (tertiary/aromatic N) is 4. The topological polar surface area (TPSA) is 59.7 Å². The molecule has 2 aliphatic heterocycles. The molecule has 0 N–H and O–H groups in total. The van der Waals surface area contributed by atoms with Gasteiger partial charge in [0, 0.05) is 37.2 Å². The molecule has 1 amide bonds. The maximum absolute atomic E-state index is 13.0. The fourth-order valence-electron chi connectivity index (χ4n) is 3.29. The Kier molecular flexibility index (Phi) is 4.17. The van der Waals surface area contributed by atoms with Crippen LogP contribution in [-0.4, -0.2) is 38.9 Å². The molecule has 6 heteroatoms. The lowest BCUT2D eigenvalue weighted by molar-refractivity contribution is -0.146. The van der Waals surface area contributed by atoms with Crippen LogP contribution in [0, 0.1) is 5.41 Å². The third-order valence-electron chi connectivity index (χ3n) is 4.71. The number of piperidine rings is 1. The molecule has 2 atom stereocenters. The Morgan fingerprint density at radius 2 is 2.13 bits per heavy atom. The van der Waals surface area contributed by atoms with E-state index in [0.717, 1.165) is 37.1 Å². The fraction of sp³-hybridized carbons (Fsp3) is 0.706. The monoisotopic (exact) mass is 318 g/mol. The van der Waals surface area contributed by atoms with Crippen LogP contribution in [0.5, 0.6) is 0 Å². The van der Waals surface area contributed by atoms with Crippen molar-refractivity contribution in [2.24, 2.45) is 17.6 Å². The van der Waals surface area contributed by atoms with Crippen molar-refractivity contribution in [3.63, 3.8) is 0 Å². The molecule has 0 bridgehead atoms. The van der Waals surface area contributed by atoms with Gasteiger partial charge in [-0.2, -0.15) is 5.10 Å². The van der Waals surface area contributed by atoms with Crippen LogP contribution in [0.2, 0.25) is 0 Å². The zero-order chi connectivity index (χ0) is 16.6. The fourth-order valence-corrected chi connectivity index (χ4v) is 3.29. The first-order valence-corrected chi connectivity index (χ1v) is 8.38. The summed E-state index contributed by atoms with van der Waals surface area (Å²) in [7, 11) is 1.90. The van der Waals surface area contributed by atoms with Gasteiger partial charge in [-0.25, -0.2) is 0 Å². The zero-order valence-corrected chi connectivity index (χ0v) is 14.5. The Balaban J connectivity index is 1.73. The maximum atomic E-state index is 13.0. The average molecular weight is 318 g/mol. The maximum Gasteiger partial charge on any atom is 0.267 e. The van der Waals surface area contributed by atoms with Crippen molar-refractivity contribution in [2.75, 3.05) is 6.54 Å². The highest BCUT2D eigenvalue weighted by molar-refractivity contribution is 5.95. The van der Waals surface area contributed by atoms with Crippen LogP contribution in [-0.2, 0) is 16.7 Å². The Hall–Kier alpha value is -1.85. The molecule has 3 rings (SSSR count). The summed E-state index contributed by atoms with van der Waals surface area (Å²) < 4.78 is 1.79. The number of amides is 1. The summed E-state index contributed by atoms with van der Waals surface area (Å²) in [4.78, 5) is 20.4. The van der Waals surface area contributed by atoms with E-state index >= 15 is 0 Å². The predicted octanol–water partition coefficient (Wildman–Crippen LogP) is 2.66. The normalized spacial score (nSPS) is 25.2. The number of aryl methyl sites for hydroxylation is 1. The summed E-state index contributed by atoms with van der Waals surface area (Å²) in [6.45, 7) is 7.08. The molecule has 1 aromatic rings. The number of carbonyl (C=O) groups is 1. The van der Waals surface area contributed by atoms with Gasteiger partial charge in [0.15, 0.2) is 0 Å². The van der Waals surface area contributed by atoms with Crippen molar-refractivity contribution >= 4 is 11.6 Å². The highest BCUT2D eigenvalue weighted by Crippen LogP contribution is 2.33. The molecule has 6 nitrogen and oxygen atoms in total. The van der Waals surface area contributed by atoms with Crippen LogP contribution >= 0.6 is 0 Å². The van der Waals surface area contributed by atoms with E-state index in [1.807, 2.05) is 24.3 Å². The van der Waals surface area contributed by atoms with Crippen LogP contribution in [0.4, 0.5) is 0 Å². The van der Waals surface area contributed by atoms with E-state index in [0.29, 0.717) is 6.42 Å². The molecule has 0 saturated carbocycles. The molecule has 1 fully saturated rings. The van der Waals surface area contributed by atoms with Gasteiger partial charge in [0.1, 0.15) is 0 Å². The second-order valence-electron chi connectivity index (χ2n) is 7.58. The predicted molar refractivity (Wildman–Crippen MR) is 87.9 cm³/mol. The summed E-state index contributed by atoms with van der Waals surface area (Å²) in [6.07, 6.45) is 7.16. The van der Waals surface area contributed by atoms with Gasteiger partial charge in [0.05, 0.1) is 18.0 Å². The largest absolute Gasteiger partial charge is 0.382 e. The third kappa shape index (κ3) is 3.26. The first kappa shape index (κ1) is 16.0. The first-order chi connectivity index (χ1) is 10.9. The van der Waals surface area contributed by atoms with E-state index in [9.17, 15) is 4.79 Å². The molecule has 126 valence electrons. The number of hydrogen-bond acceptors (Lipinski definition) is 4. The standard InChI is InChI=1S/C17H26N4O2/c1-17(2,3)15-9-14(23-19-15)16(22)21-8-6-5-7-13(21)12-10-18-20(4)11-12/h10-11,13-14H,5-9H2,1-4H3. The number of oxime groups is 1. The van der Waals surface area contributed by atoms with E-state index in [1.54, 1.807) is 4.68 Å². The van der Waals surface area contributed by atoms with E-state index in [2.05, 4.69) is 31.0 Å². The quantitative estimate of drug-likeness (QED) is 0.842. The lowest BCUT2D eigenvalue weighted by Gasteiger charge is -2.36. The SMILES string of the molecule is Cn1cc(C2CCCCN2C(=O)C2CC(C(C)(C)C)=NO2)cn1. The van der Waals surface area contributed by atoms with Crippen LogP contribution in [0.15, 0.2) is 17.5 Å². The lowest BCUT2D eigenvalue weighted by Crippen LogP contribution is -2.44. The van der Waals surface area contributed by atoms with Gasteiger partial charge in [-0.15, -0.1) is 0 Å². The molecular weight excluding hydrogens is 292 g/mol. The third-order valence-corrected chi connectivity index (χ3v) is 4.71. The molecule has 2 aliphatic rings. The lowest BCUT2D eigenvalue weighted by atomic mass is 9.87. The average Bonchev–Trinajstić information content (AvgIpc) is 3.15. The van der Waals surface area contributed by atoms with Crippen molar-refractivity contribution < 1.29 is 9.63 Å². The highest BCUT2D eigenvalue weighted by Gasteiger charge is 2.39. The molecule has 23 heavy (non-hydrogen) atoms. The molecule has 3 heterocycles. The molecule has 0 aliphatic carbocycles. The second kappa shape index (κ2) is 5.98. The van der Waals surface area contributed by atoms with Gasteiger partial charge in [-0.3, -0.25) is 9.48 Å². The molecule has 1 saturated heterocycles. The Morgan fingerprint density at radius 3 is 2.74 bits per heavy atom. The van der Waals surface area contributed by atoms with E-state index < -0.39 is 6.10 Å². The van der Waals surface area contributed by atoms with Crippen molar-refractivity contribution in [2.45, 2.75) is 58.6 Å². The Bertz CT molecular complexity index is 614. The van der Waals surface area contributed by atoms with Gasteiger partial charge in [0.2, 0.25) is 6.10 Å². The first-order valence-electron chi connectivity index (χ1n) is 8.38. The molecule has 0 radical (unpaired) electrons. The molecule has 2 unspecified atom stereocenters. The minimum Gasteiger partial charge on any atom is -0.382 e. The van der Waals surface area contributed by atoms with Crippen molar-refractivity contribution in [1.82, 2.24) is 14.7 Å². The van der Waals surface area contributed by atoms with Gasteiger partial charge < -0.3 is 9.74 Å². The smallest absolute Gasteiger partial charge is 0.267 e. The van der Waals surface area contributed by atoms with Crippen molar-refractivity contribution in [3.8, 4) is 0 Å². The van der Waals surface area contributed by atoms with Crippen molar-refractivity contribution in [3.05, 3.63) is 18.0 Å². The zero-order valence-electron chi connectivity index (χ0n) is 14.5. The number of rotatable bonds is 2. The summed E-state index contributed by atoms with van der Waals surface area (Å²) >= 11 is 0. The summed E-state index contributed by atoms with van der Waals surface area (Å²) in [5, 5.41) is 8.41.